The molecule has 160 valence electrons. The average Bonchev–Trinajstić information content (AvgIpc) is 3.46. The number of carbonyl (C=O) groups is 1. The Balaban J connectivity index is 1.51. The van der Waals surface area contributed by atoms with Crippen LogP contribution in [0.4, 0.5) is 5.69 Å². The zero-order valence-corrected chi connectivity index (χ0v) is 18.5. The molecule has 0 saturated carbocycles. The fraction of sp³-hybridized carbons (Fsp3) is 0.0769. The molecule has 5 aromatic rings. The van der Waals surface area contributed by atoms with E-state index in [1.807, 2.05) is 85.8 Å². The molecule has 0 atom stereocenters. The smallest absolute Gasteiger partial charge is 0.291 e. The van der Waals surface area contributed by atoms with Crippen molar-refractivity contribution in [2.24, 2.45) is 0 Å². The highest BCUT2D eigenvalue weighted by atomic mass is 32.1. The molecule has 33 heavy (non-hydrogen) atoms. The van der Waals surface area contributed by atoms with Gasteiger partial charge in [-0.25, -0.2) is 0 Å². The molecule has 0 saturated heterocycles. The summed E-state index contributed by atoms with van der Waals surface area (Å²) < 4.78 is 1.68. The van der Waals surface area contributed by atoms with E-state index in [4.69, 9.17) is 0 Å². The van der Waals surface area contributed by atoms with E-state index in [0.717, 1.165) is 27.9 Å². The summed E-state index contributed by atoms with van der Waals surface area (Å²) in [5.41, 5.74) is 4.64. The van der Waals surface area contributed by atoms with Gasteiger partial charge in [0.2, 0.25) is 4.96 Å². The van der Waals surface area contributed by atoms with Crippen molar-refractivity contribution in [2.75, 3.05) is 4.90 Å². The van der Waals surface area contributed by atoms with Crippen molar-refractivity contribution < 1.29 is 4.79 Å². The molecule has 0 spiro atoms. The third-order valence-corrected chi connectivity index (χ3v) is 6.80. The second-order valence-corrected chi connectivity index (χ2v) is 8.98. The Bertz CT molecular complexity index is 1650. The monoisotopic (exact) mass is 450 g/mol. The van der Waals surface area contributed by atoms with E-state index in [1.165, 1.54) is 15.9 Å². The van der Waals surface area contributed by atoms with Crippen molar-refractivity contribution in [1.29, 1.82) is 0 Å². The maximum atomic E-state index is 13.6. The normalized spacial score (nSPS) is 14.8. The van der Waals surface area contributed by atoms with Gasteiger partial charge in [-0.15, -0.1) is 5.10 Å². The van der Waals surface area contributed by atoms with E-state index in [-0.39, 0.29) is 11.5 Å². The van der Waals surface area contributed by atoms with Gasteiger partial charge in [0, 0.05) is 11.1 Å². The van der Waals surface area contributed by atoms with E-state index >= 15 is 0 Å². The lowest BCUT2D eigenvalue weighted by Crippen LogP contribution is -2.32. The van der Waals surface area contributed by atoms with Gasteiger partial charge in [-0.2, -0.15) is 9.50 Å². The van der Waals surface area contributed by atoms with Crippen LogP contribution in [0, 0.1) is 6.92 Å². The number of para-hydroxylation sites is 1. The van der Waals surface area contributed by atoms with Crippen LogP contribution in [0.1, 0.15) is 16.7 Å². The van der Waals surface area contributed by atoms with Crippen LogP contribution < -0.4 is 15.0 Å². The summed E-state index contributed by atoms with van der Waals surface area (Å²) in [6.07, 6.45) is 0. The number of amides is 1. The maximum Gasteiger partial charge on any atom is 0.291 e. The zero-order valence-electron chi connectivity index (χ0n) is 17.7. The predicted molar refractivity (Wildman–Crippen MR) is 129 cm³/mol. The number of thiazole rings is 1. The van der Waals surface area contributed by atoms with Crippen molar-refractivity contribution in [2.45, 2.75) is 13.5 Å². The van der Waals surface area contributed by atoms with Gasteiger partial charge in [0.25, 0.3) is 11.5 Å². The van der Waals surface area contributed by atoms with Crippen LogP contribution >= 0.6 is 11.3 Å². The van der Waals surface area contributed by atoms with E-state index in [1.54, 1.807) is 4.90 Å². The Hall–Kier alpha value is -4.10. The Kier molecular flexibility index (Phi) is 4.45. The van der Waals surface area contributed by atoms with Gasteiger partial charge in [-0.05, 0) is 24.6 Å². The summed E-state index contributed by atoms with van der Waals surface area (Å²) in [5, 5.41) is 4.45. The highest BCUT2D eigenvalue weighted by Gasteiger charge is 2.34. The van der Waals surface area contributed by atoms with Gasteiger partial charge in [0.15, 0.2) is 5.82 Å². The van der Waals surface area contributed by atoms with Crippen molar-refractivity contribution >= 4 is 33.5 Å². The van der Waals surface area contributed by atoms with Gasteiger partial charge < -0.3 is 4.90 Å². The number of aryl methyl sites for hydroxylation is 1. The van der Waals surface area contributed by atoms with Crippen LogP contribution in [0.5, 0.6) is 0 Å². The van der Waals surface area contributed by atoms with E-state index in [2.05, 4.69) is 10.1 Å². The van der Waals surface area contributed by atoms with Crippen molar-refractivity contribution in [3.8, 4) is 11.4 Å². The summed E-state index contributed by atoms with van der Waals surface area (Å²) in [4.78, 5) is 33.7. The van der Waals surface area contributed by atoms with E-state index in [0.29, 0.717) is 27.4 Å². The Morgan fingerprint density at radius 3 is 2.48 bits per heavy atom. The summed E-state index contributed by atoms with van der Waals surface area (Å²) >= 11 is 1.21. The molecular weight excluding hydrogens is 432 g/mol. The second kappa shape index (κ2) is 7.50. The SMILES string of the molecule is Cc1cccc(-c2nc3s/c(=C4\C(=O)N(Cc5ccccc5)c5ccccc54)c(=O)n3n2)c1. The number of rotatable bonds is 3. The topological polar surface area (TPSA) is 67.6 Å². The lowest BCUT2D eigenvalue weighted by Gasteiger charge is -2.17. The number of benzene rings is 3. The van der Waals surface area contributed by atoms with Crippen molar-refractivity contribution in [3.05, 3.63) is 110 Å². The minimum Gasteiger partial charge on any atom is -0.303 e. The van der Waals surface area contributed by atoms with Crippen LogP contribution in [-0.2, 0) is 11.3 Å². The minimum atomic E-state index is -0.318. The minimum absolute atomic E-state index is 0.180. The molecule has 3 aromatic carbocycles. The number of carbonyl (C=O) groups excluding carboxylic acids is 1. The van der Waals surface area contributed by atoms with Gasteiger partial charge in [0.1, 0.15) is 4.53 Å². The molecule has 0 bridgehead atoms. The van der Waals surface area contributed by atoms with Gasteiger partial charge in [0.05, 0.1) is 17.8 Å². The highest BCUT2D eigenvalue weighted by molar-refractivity contribution is 7.15. The van der Waals surface area contributed by atoms with Crippen LogP contribution in [0.15, 0.2) is 83.7 Å². The van der Waals surface area contributed by atoms with Crippen LogP contribution in [-0.4, -0.2) is 20.5 Å². The molecule has 0 unspecified atom stereocenters. The molecule has 6 rings (SSSR count). The molecule has 1 amide bonds. The highest BCUT2D eigenvalue weighted by Crippen LogP contribution is 2.36. The van der Waals surface area contributed by atoms with E-state index < -0.39 is 0 Å². The molecule has 2 aromatic heterocycles. The van der Waals surface area contributed by atoms with E-state index in [9.17, 15) is 9.59 Å². The summed E-state index contributed by atoms with van der Waals surface area (Å²) in [5.74, 6) is 0.322. The number of nitrogens with zero attached hydrogens (tertiary/aromatic N) is 4. The number of fused-ring (bicyclic) bond motifs is 2. The molecule has 6 nitrogen and oxygen atoms in total. The van der Waals surface area contributed by atoms with Crippen LogP contribution in [0.2, 0.25) is 0 Å². The first kappa shape index (κ1) is 19.6. The molecular formula is C26H18N4O2S. The third-order valence-electron chi connectivity index (χ3n) is 5.77. The zero-order chi connectivity index (χ0) is 22.5. The molecule has 0 aliphatic carbocycles. The van der Waals surface area contributed by atoms with Crippen LogP contribution in [0.25, 0.3) is 21.9 Å². The lowest BCUT2D eigenvalue weighted by molar-refractivity contribution is -0.113. The quantitative estimate of drug-likeness (QED) is 0.421. The summed E-state index contributed by atoms with van der Waals surface area (Å²) in [7, 11) is 0. The average molecular weight is 451 g/mol. The molecule has 1 aliphatic heterocycles. The molecule has 3 heterocycles. The molecule has 1 aliphatic rings. The van der Waals surface area contributed by atoms with Crippen molar-refractivity contribution in [3.63, 3.8) is 0 Å². The number of anilines is 1. The number of hydrogen-bond acceptors (Lipinski definition) is 5. The Morgan fingerprint density at radius 2 is 1.70 bits per heavy atom. The Morgan fingerprint density at radius 1 is 0.909 bits per heavy atom. The number of aromatic nitrogens is 3. The first-order valence-electron chi connectivity index (χ1n) is 10.6. The van der Waals surface area contributed by atoms with Crippen molar-refractivity contribution in [1.82, 2.24) is 14.6 Å². The standard InChI is InChI=1S/C26H18N4O2S/c1-16-8-7-11-18(14-16)23-27-26-30(28-23)25(32)22(33-26)21-19-12-5-6-13-20(19)29(24(21)31)15-17-9-3-2-4-10-17/h2-14H,15H2,1H3/b22-21-. The van der Waals surface area contributed by atoms with Crippen LogP contribution in [0.3, 0.4) is 0 Å². The first-order valence-corrected chi connectivity index (χ1v) is 11.4. The van der Waals surface area contributed by atoms with Gasteiger partial charge in [-0.3, -0.25) is 9.59 Å². The first-order chi connectivity index (χ1) is 16.1. The fourth-order valence-electron chi connectivity index (χ4n) is 4.21. The molecule has 0 radical (unpaired) electrons. The Labute approximate surface area is 193 Å². The lowest BCUT2D eigenvalue weighted by atomic mass is 10.1. The second-order valence-electron chi connectivity index (χ2n) is 8.00. The number of hydrogen-bond donors (Lipinski definition) is 0. The molecule has 0 N–H and O–H groups in total. The fourth-order valence-corrected chi connectivity index (χ4v) is 5.21. The van der Waals surface area contributed by atoms with Gasteiger partial charge in [-0.1, -0.05) is 83.6 Å². The largest absolute Gasteiger partial charge is 0.303 e. The summed E-state index contributed by atoms with van der Waals surface area (Å²) in [6, 6.07) is 25.3. The van der Waals surface area contributed by atoms with Gasteiger partial charge >= 0.3 is 0 Å². The molecule has 0 fully saturated rings. The predicted octanol–water partition coefficient (Wildman–Crippen LogP) is 3.59. The maximum absolute atomic E-state index is 13.6. The molecule has 7 heteroatoms. The third kappa shape index (κ3) is 3.16. The summed E-state index contributed by atoms with van der Waals surface area (Å²) in [6.45, 7) is 2.44.